The summed E-state index contributed by atoms with van der Waals surface area (Å²) in [5, 5.41) is 5.11. The molecule has 0 saturated carbocycles. The fourth-order valence-electron chi connectivity index (χ4n) is 1.15. The SMILES string of the molecule is CCN(C)C[C@H](C)NCCN(C)N. The predicted octanol–water partition coefficient (Wildman–Crippen LogP) is -0.278. The number of hydrazine groups is 1. The van der Waals surface area contributed by atoms with Gasteiger partial charge in [-0.1, -0.05) is 6.92 Å². The van der Waals surface area contributed by atoms with Crippen LogP contribution in [0.2, 0.25) is 0 Å². The Bertz CT molecular complexity index is 116. The first-order valence-electron chi connectivity index (χ1n) is 4.94. The minimum atomic E-state index is 0.532. The zero-order valence-corrected chi connectivity index (χ0v) is 9.38. The third-order valence-corrected chi connectivity index (χ3v) is 2.08. The Balaban J connectivity index is 3.34. The van der Waals surface area contributed by atoms with E-state index in [1.165, 1.54) is 0 Å². The molecule has 0 aliphatic rings. The Morgan fingerprint density at radius 3 is 2.46 bits per heavy atom. The normalized spacial score (nSPS) is 14.1. The predicted molar refractivity (Wildman–Crippen MR) is 57.5 cm³/mol. The average molecular weight is 188 g/mol. The second-order valence-corrected chi connectivity index (χ2v) is 3.69. The van der Waals surface area contributed by atoms with E-state index in [2.05, 4.69) is 31.1 Å². The van der Waals surface area contributed by atoms with Gasteiger partial charge in [-0.05, 0) is 20.5 Å². The molecule has 4 heteroatoms. The third kappa shape index (κ3) is 8.18. The van der Waals surface area contributed by atoms with Crippen LogP contribution in [0.4, 0.5) is 0 Å². The van der Waals surface area contributed by atoms with Gasteiger partial charge in [0.05, 0.1) is 0 Å². The van der Waals surface area contributed by atoms with Crippen LogP contribution in [-0.2, 0) is 0 Å². The van der Waals surface area contributed by atoms with E-state index in [9.17, 15) is 0 Å². The molecule has 0 aliphatic heterocycles. The van der Waals surface area contributed by atoms with E-state index in [1.807, 2.05) is 7.05 Å². The maximum atomic E-state index is 5.49. The summed E-state index contributed by atoms with van der Waals surface area (Å²) in [7, 11) is 4.01. The number of hydrogen-bond acceptors (Lipinski definition) is 4. The standard InChI is InChI=1S/C9H24N4/c1-5-12(3)8-9(2)11-6-7-13(4)10/h9,11H,5-8,10H2,1-4H3/t9-/m0/s1. The molecule has 0 unspecified atom stereocenters. The van der Waals surface area contributed by atoms with Crippen LogP contribution in [0.3, 0.4) is 0 Å². The first-order chi connectivity index (χ1) is 6.06. The summed E-state index contributed by atoms with van der Waals surface area (Å²) in [6.07, 6.45) is 0. The lowest BCUT2D eigenvalue weighted by molar-refractivity contribution is 0.293. The van der Waals surface area contributed by atoms with Crippen LogP contribution in [0, 0.1) is 0 Å². The maximum absolute atomic E-state index is 5.49. The van der Waals surface area contributed by atoms with Gasteiger partial charge in [-0.25, -0.2) is 5.01 Å². The van der Waals surface area contributed by atoms with Crippen molar-refractivity contribution in [2.24, 2.45) is 5.84 Å². The Morgan fingerprint density at radius 2 is 2.00 bits per heavy atom. The molecule has 0 bridgehead atoms. The smallest absolute Gasteiger partial charge is 0.0250 e. The number of nitrogens with zero attached hydrogens (tertiary/aromatic N) is 2. The highest BCUT2D eigenvalue weighted by atomic mass is 15.4. The molecule has 0 aromatic rings. The molecule has 1 atom stereocenters. The van der Waals surface area contributed by atoms with E-state index in [0.717, 1.165) is 26.2 Å². The molecule has 0 rings (SSSR count). The van der Waals surface area contributed by atoms with Gasteiger partial charge < -0.3 is 10.2 Å². The molecule has 0 aromatic heterocycles. The molecule has 3 N–H and O–H groups in total. The summed E-state index contributed by atoms with van der Waals surface area (Å²) < 4.78 is 0. The second-order valence-electron chi connectivity index (χ2n) is 3.69. The molecule has 0 saturated heterocycles. The van der Waals surface area contributed by atoms with Crippen LogP contribution in [0.1, 0.15) is 13.8 Å². The van der Waals surface area contributed by atoms with E-state index in [-0.39, 0.29) is 0 Å². The van der Waals surface area contributed by atoms with Crippen molar-refractivity contribution < 1.29 is 0 Å². The van der Waals surface area contributed by atoms with Crippen molar-refractivity contribution in [3.63, 3.8) is 0 Å². The van der Waals surface area contributed by atoms with E-state index >= 15 is 0 Å². The quantitative estimate of drug-likeness (QED) is 0.426. The van der Waals surface area contributed by atoms with Crippen LogP contribution >= 0.6 is 0 Å². The topological polar surface area (TPSA) is 44.5 Å². The van der Waals surface area contributed by atoms with Gasteiger partial charge in [0, 0.05) is 32.7 Å². The lowest BCUT2D eigenvalue weighted by Gasteiger charge is -2.21. The zero-order chi connectivity index (χ0) is 10.3. The average Bonchev–Trinajstić information content (AvgIpc) is 2.03. The van der Waals surface area contributed by atoms with Crippen molar-refractivity contribution in [3.8, 4) is 0 Å². The number of hydrogen-bond donors (Lipinski definition) is 2. The Labute approximate surface area is 82.0 Å². The van der Waals surface area contributed by atoms with E-state index in [1.54, 1.807) is 5.01 Å². The van der Waals surface area contributed by atoms with E-state index < -0.39 is 0 Å². The number of nitrogens with two attached hydrogens (primary N) is 1. The molecule has 13 heavy (non-hydrogen) atoms. The summed E-state index contributed by atoms with van der Waals surface area (Å²) in [5.41, 5.74) is 0. The van der Waals surface area contributed by atoms with Crippen LogP contribution < -0.4 is 11.2 Å². The monoisotopic (exact) mass is 188 g/mol. The molecule has 0 spiro atoms. The van der Waals surface area contributed by atoms with Crippen molar-refractivity contribution >= 4 is 0 Å². The lowest BCUT2D eigenvalue weighted by Crippen LogP contribution is -2.41. The van der Waals surface area contributed by atoms with Crippen molar-refractivity contribution in [1.82, 2.24) is 15.2 Å². The highest BCUT2D eigenvalue weighted by Crippen LogP contribution is 1.87. The largest absolute Gasteiger partial charge is 0.312 e. The summed E-state index contributed by atoms with van der Waals surface area (Å²) in [4.78, 5) is 2.30. The lowest BCUT2D eigenvalue weighted by atomic mass is 10.3. The molecule has 4 nitrogen and oxygen atoms in total. The number of rotatable bonds is 7. The first kappa shape index (κ1) is 12.8. The van der Waals surface area contributed by atoms with Crippen LogP contribution in [0.25, 0.3) is 0 Å². The molecular formula is C9H24N4. The minimum absolute atomic E-state index is 0.532. The van der Waals surface area contributed by atoms with Gasteiger partial charge in [0.25, 0.3) is 0 Å². The third-order valence-electron chi connectivity index (χ3n) is 2.08. The zero-order valence-electron chi connectivity index (χ0n) is 9.38. The molecule has 0 aromatic carbocycles. The Morgan fingerprint density at radius 1 is 1.38 bits per heavy atom. The molecular weight excluding hydrogens is 164 g/mol. The Hall–Kier alpha value is -0.160. The van der Waals surface area contributed by atoms with E-state index in [0.29, 0.717) is 6.04 Å². The highest BCUT2D eigenvalue weighted by Gasteiger charge is 2.03. The number of likely N-dealkylation sites (N-methyl/N-ethyl adjacent to an activating group) is 2. The van der Waals surface area contributed by atoms with Crippen molar-refractivity contribution in [1.29, 1.82) is 0 Å². The van der Waals surface area contributed by atoms with Crippen molar-refractivity contribution in [2.75, 3.05) is 40.3 Å². The highest BCUT2D eigenvalue weighted by molar-refractivity contribution is 4.64. The van der Waals surface area contributed by atoms with Gasteiger partial charge in [-0.15, -0.1) is 0 Å². The van der Waals surface area contributed by atoms with Gasteiger partial charge in [0.15, 0.2) is 0 Å². The molecule has 80 valence electrons. The fourth-order valence-corrected chi connectivity index (χ4v) is 1.15. The maximum Gasteiger partial charge on any atom is 0.0250 e. The van der Waals surface area contributed by atoms with Crippen molar-refractivity contribution in [3.05, 3.63) is 0 Å². The molecule has 0 aliphatic carbocycles. The summed E-state index contributed by atoms with van der Waals surface area (Å²) in [6.45, 7) is 8.39. The van der Waals surface area contributed by atoms with Gasteiger partial charge in [-0.3, -0.25) is 5.84 Å². The van der Waals surface area contributed by atoms with Crippen molar-refractivity contribution in [2.45, 2.75) is 19.9 Å². The van der Waals surface area contributed by atoms with E-state index in [4.69, 9.17) is 5.84 Å². The Kier molecular flexibility index (Phi) is 7.17. The van der Waals surface area contributed by atoms with Crippen LogP contribution in [-0.4, -0.2) is 56.2 Å². The second kappa shape index (κ2) is 7.26. The molecule has 0 heterocycles. The molecule has 0 amide bonds. The van der Waals surface area contributed by atoms with Crippen LogP contribution in [0.15, 0.2) is 0 Å². The van der Waals surface area contributed by atoms with Gasteiger partial charge in [0.1, 0.15) is 0 Å². The van der Waals surface area contributed by atoms with Crippen LogP contribution in [0.5, 0.6) is 0 Å². The van der Waals surface area contributed by atoms with Gasteiger partial charge in [-0.2, -0.15) is 0 Å². The molecule has 0 radical (unpaired) electrons. The summed E-state index contributed by atoms with van der Waals surface area (Å²) in [5.74, 6) is 5.49. The minimum Gasteiger partial charge on any atom is -0.312 e. The number of nitrogens with one attached hydrogen (secondary N) is 1. The summed E-state index contributed by atoms with van der Waals surface area (Å²) >= 11 is 0. The van der Waals surface area contributed by atoms with Gasteiger partial charge in [0.2, 0.25) is 0 Å². The fraction of sp³-hybridized carbons (Fsp3) is 1.00. The summed E-state index contributed by atoms with van der Waals surface area (Å²) in [6, 6.07) is 0.532. The molecule has 0 fully saturated rings. The first-order valence-corrected chi connectivity index (χ1v) is 4.94. The van der Waals surface area contributed by atoms with Gasteiger partial charge >= 0.3 is 0 Å².